The number of rotatable bonds is 6. The number of carbonyl (C=O) groups is 2. The second kappa shape index (κ2) is 9.30. The van der Waals surface area contributed by atoms with Crippen LogP contribution in [-0.2, 0) is 11.8 Å². The lowest BCUT2D eigenvalue weighted by Gasteiger charge is -2.11. The summed E-state index contributed by atoms with van der Waals surface area (Å²) < 4.78 is 12.8. The topological polar surface area (TPSA) is 70.4 Å². The number of aromatic nitrogens is 2. The molecule has 2 heterocycles. The van der Waals surface area contributed by atoms with Gasteiger partial charge >= 0.3 is 5.97 Å². The molecule has 0 spiro atoms. The molecule has 0 atom stereocenters. The Morgan fingerprint density at radius 3 is 2.39 bits per heavy atom. The first-order valence-corrected chi connectivity index (χ1v) is 11.7. The second-order valence-corrected chi connectivity index (χ2v) is 8.84. The van der Waals surface area contributed by atoms with E-state index in [2.05, 4.69) is 0 Å². The van der Waals surface area contributed by atoms with Gasteiger partial charge in [-0.3, -0.25) is 4.79 Å². The van der Waals surface area contributed by atoms with E-state index in [1.807, 2.05) is 92.2 Å². The summed E-state index contributed by atoms with van der Waals surface area (Å²) in [5, 5.41) is 2.76. The number of para-hydroxylation sites is 1. The minimum Gasteiger partial charge on any atom is -0.497 e. The van der Waals surface area contributed by atoms with E-state index in [0.29, 0.717) is 27.7 Å². The second-order valence-electron chi connectivity index (χ2n) is 8.84. The normalized spacial score (nSPS) is 11.1. The lowest BCUT2D eigenvalue weighted by atomic mass is 10.0. The van der Waals surface area contributed by atoms with E-state index in [9.17, 15) is 9.59 Å². The van der Waals surface area contributed by atoms with Crippen LogP contribution in [0.1, 0.15) is 32.1 Å². The maximum Gasteiger partial charge on any atom is 0.339 e. The number of hydrogen-bond acceptors (Lipinski definition) is 5. The molecular formula is C30H26N2O4. The molecule has 0 fully saturated rings. The number of esters is 1. The maximum absolute atomic E-state index is 13.2. The highest BCUT2D eigenvalue weighted by Crippen LogP contribution is 2.29. The Balaban J connectivity index is 1.48. The number of nitrogens with zero attached hydrogens (tertiary/aromatic N) is 2. The smallest absolute Gasteiger partial charge is 0.339 e. The third-order valence-corrected chi connectivity index (χ3v) is 6.69. The van der Waals surface area contributed by atoms with Crippen LogP contribution >= 0.6 is 0 Å². The van der Waals surface area contributed by atoms with E-state index in [1.54, 1.807) is 13.2 Å². The van der Waals surface area contributed by atoms with Crippen LogP contribution in [-0.4, -0.2) is 35.0 Å². The molecule has 0 aliphatic carbocycles. The summed E-state index contributed by atoms with van der Waals surface area (Å²) in [4.78, 5) is 30.8. The SMILES string of the molecule is COc1ccc2cc(-c3cc(C(=O)OCC(=O)c4cc(C)n(C)c4C)c4ccccc4n3)ccc2c1. The fourth-order valence-corrected chi connectivity index (χ4v) is 4.43. The lowest BCUT2D eigenvalue weighted by Crippen LogP contribution is -2.15. The number of aryl methyl sites for hydroxylation is 1. The highest BCUT2D eigenvalue weighted by Gasteiger charge is 2.19. The van der Waals surface area contributed by atoms with Crippen LogP contribution in [0.3, 0.4) is 0 Å². The number of ether oxygens (including phenoxy) is 2. The highest BCUT2D eigenvalue weighted by atomic mass is 16.5. The molecule has 0 bridgehead atoms. The van der Waals surface area contributed by atoms with Crippen molar-refractivity contribution in [1.82, 2.24) is 9.55 Å². The number of carbonyl (C=O) groups excluding carboxylic acids is 2. The Morgan fingerprint density at radius 2 is 1.64 bits per heavy atom. The Kier molecular flexibility index (Phi) is 6.02. The van der Waals surface area contributed by atoms with E-state index in [1.165, 1.54) is 0 Å². The molecule has 36 heavy (non-hydrogen) atoms. The molecule has 0 unspecified atom stereocenters. The van der Waals surface area contributed by atoms with Gasteiger partial charge in [0.2, 0.25) is 5.78 Å². The molecule has 0 aliphatic heterocycles. The first-order chi connectivity index (χ1) is 17.4. The molecule has 0 amide bonds. The van der Waals surface area contributed by atoms with Crippen LogP contribution in [0.15, 0.2) is 72.8 Å². The lowest BCUT2D eigenvalue weighted by molar-refractivity contribution is 0.0476. The fourth-order valence-electron chi connectivity index (χ4n) is 4.43. The predicted molar refractivity (Wildman–Crippen MR) is 141 cm³/mol. The van der Waals surface area contributed by atoms with E-state index in [4.69, 9.17) is 14.5 Å². The molecule has 5 aromatic rings. The highest BCUT2D eigenvalue weighted by molar-refractivity contribution is 6.06. The van der Waals surface area contributed by atoms with E-state index in [-0.39, 0.29) is 12.4 Å². The minimum absolute atomic E-state index is 0.229. The zero-order chi connectivity index (χ0) is 25.4. The summed E-state index contributed by atoms with van der Waals surface area (Å²) in [5.74, 6) is 0.00615. The molecule has 0 aliphatic rings. The van der Waals surface area contributed by atoms with Crippen LogP contribution < -0.4 is 4.74 Å². The van der Waals surface area contributed by atoms with Gasteiger partial charge in [0.25, 0.3) is 0 Å². The van der Waals surface area contributed by atoms with Gasteiger partial charge < -0.3 is 14.0 Å². The number of benzene rings is 3. The number of Topliss-reactive ketones (excluding diaryl/α,β-unsaturated/α-hetero) is 1. The monoisotopic (exact) mass is 478 g/mol. The van der Waals surface area contributed by atoms with Crippen LogP contribution in [0.5, 0.6) is 5.75 Å². The van der Waals surface area contributed by atoms with Crippen LogP contribution in [0.2, 0.25) is 0 Å². The van der Waals surface area contributed by atoms with Gasteiger partial charge in [0, 0.05) is 34.9 Å². The average molecular weight is 479 g/mol. The number of methoxy groups -OCH3 is 1. The molecule has 6 heteroatoms. The Labute approximate surface area is 209 Å². The fraction of sp³-hybridized carbons (Fsp3) is 0.167. The number of fused-ring (bicyclic) bond motifs is 2. The zero-order valence-electron chi connectivity index (χ0n) is 20.7. The van der Waals surface area contributed by atoms with Crippen molar-refractivity contribution >= 4 is 33.4 Å². The van der Waals surface area contributed by atoms with Crippen LogP contribution in [0.25, 0.3) is 32.9 Å². The molecule has 0 saturated heterocycles. The van der Waals surface area contributed by atoms with E-state index < -0.39 is 5.97 Å². The van der Waals surface area contributed by atoms with Crippen molar-refractivity contribution in [1.29, 1.82) is 0 Å². The van der Waals surface area contributed by atoms with Crippen LogP contribution in [0.4, 0.5) is 0 Å². The number of ketones is 1. The molecular weight excluding hydrogens is 452 g/mol. The third kappa shape index (κ3) is 4.22. The summed E-state index contributed by atoms with van der Waals surface area (Å²) in [6, 6.07) is 22.9. The van der Waals surface area contributed by atoms with Crippen molar-refractivity contribution in [2.45, 2.75) is 13.8 Å². The maximum atomic E-state index is 13.2. The van der Waals surface area contributed by atoms with Crippen molar-refractivity contribution in [3.05, 3.63) is 95.3 Å². The van der Waals surface area contributed by atoms with Gasteiger partial charge in [-0.1, -0.05) is 36.4 Å². The molecule has 6 nitrogen and oxygen atoms in total. The Morgan fingerprint density at radius 1 is 0.889 bits per heavy atom. The van der Waals surface area contributed by atoms with Gasteiger partial charge in [-0.2, -0.15) is 0 Å². The summed E-state index contributed by atoms with van der Waals surface area (Å²) in [6.45, 7) is 3.49. The number of pyridine rings is 1. The summed E-state index contributed by atoms with van der Waals surface area (Å²) >= 11 is 0. The van der Waals surface area contributed by atoms with Gasteiger partial charge in [0.1, 0.15) is 5.75 Å². The zero-order valence-corrected chi connectivity index (χ0v) is 20.7. The van der Waals surface area contributed by atoms with Crippen LogP contribution in [0, 0.1) is 13.8 Å². The summed E-state index contributed by atoms with van der Waals surface area (Å²) in [5.41, 5.74) is 4.96. The third-order valence-electron chi connectivity index (χ3n) is 6.69. The summed E-state index contributed by atoms with van der Waals surface area (Å²) in [6.07, 6.45) is 0. The van der Waals surface area contributed by atoms with Crippen molar-refractivity contribution in [3.8, 4) is 17.0 Å². The van der Waals surface area contributed by atoms with Crippen molar-refractivity contribution in [3.63, 3.8) is 0 Å². The Bertz CT molecular complexity index is 1650. The molecule has 5 rings (SSSR count). The molecule has 180 valence electrons. The van der Waals surface area contributed by atoms with Crippen molar-refractivity contribution < 1.29 is 19.1 Å². The number of hydrogen-bond donors (Lipinski definition) is 0. The summed E-state index contributed by atoms with van der Waals surface area (Å²) in [7, 11) is 3.55. The Hall–Kier alpha value is -4.45. The van der Waals surface area contributed by atoms with Gasteiger partial charge in [-0.05, 0) is 61.0 Å². The van der Waals surface area contributed by atoms with Gasteiger partial charge in [0.05, 0.1) is 23.9 Å². The molecule has 0 saturated carbocycles. The van der Waals surface area contributed by atoms with Gasteiger partial charge in [-0.25, -0.2) is 9.78 Å². The average Bonchev–Trinajstić information content (AvgIpc) is 3.17. The van der Waals surface area contributed by atoms with E-state index >= 15 is 0 Å². The van der Waals surface area contributed by atoms with Gasteiger partial charge in [0.15, 0.2) is 6.61 Å². The first kappa shape index (κ1) is 23.3. The van der Waals surface area contributed by atoms with Crippen molar-refractivity contribution in [2.24, 2.45) is 7.05 Å². The predicted octanol–water partition coefficient (Wildman–Crippen LogP) is 6.06. The van der Waals surface area contributed by atoms with Crippen molar-refractivity contribution in [2.75, 3.05) is 13.7 Å². The largest absolute Gasteiger partial charge is 0.497 e. The molecule has 3 aromatic carbocycles. The van der Waals surface area contributed by atoms with E-state index in [0.717, 1.165) is 33.5 Å². The minimum atomic E-state index is -0.556. The van der Waals surface area contributed by atoms with Gasteiger partial charge in [-0.15, -0.1) is 0 Å². The first-order valence-electron chi connectivity index (χ1n) is 11.7. The molecule has 0 N–H and O–H groups in total. The molecule has 0 radical (unpaired) electrons. The standard InChI is InChI=1S/C30H26N2O4/c1-18-13-25(19(2)32(18)3)29(33)17-36-30(34)26-16-28(31-27-8-6-5-7-24(26)27)22-10-9-21-15-23(35-4)12-11-20(21)14-22/h5-16H,17H2,1-4H3. The molecule has 2 aromatic heterocycles. The quantitative estimate of drug-likeness (QED) is 0.219.